The summed E-state index contributed by atoms with van der Waals surface area (Å²) in [5, 5.41) is 13.7. The summed E-state index contributed by atoms with van der Waals surface area (Å²) in [5.41, 5.74) is 6.88. The lowest BCUT2D eigenvalue weighted by Gasteiger charge is -2.11. The van der Waals surface area contributed by atoms with E-state index >= 15 is 0 Å². The second kappa shape index (κ2) is 10.1. The van der Waals surface area contributed by atoms with E-state index in [0.29, 0.717) is 28.6 Å². The molecule has 0 amide bonds. The van der Waals surface area contributed by atoms with Crippen molar-refractivity contribution in [2.75, 3.05) is 0 Å². The van der Waals surface area contributed by atoms with Gasteiger partial charge in [-0.05, 0) is 40.8 Å². The van der Waals surface area contributed by atoms with Crippen LogP contribution in [0.4, 0.5) is 0 Å². The number of fused-ring (bicyclic) bond motifs is 5. The summed E-state index contributed by atoms with van der Waals surface area (Å²) in [5.74, 6) is 1.84. The van der Waals surface area contributed by atoms with Crippen LogP contribution in [0.5, 0.6) is 0 Å². The highest BCUT2D eigenvalue weighted by Crippen LogP contribution is 2.41. The highest BCUT2D eigenvalue weighted by molar-refractivity contribution is 6.20. The van der Waals surface area contributed by atoms with Gasteiger partial charge in [-0.25, -0.2) is 15.0 Å². The number of aromatic nitrogens is 3. The second-order valence-electron chi connectivity index (χ2n) is 10.4. The predicted molar refractivity (Wildman–Crippen MR) is 171 cm³/mol. The van der Waals surface area contributed by atoms with Crippen molar-refractivity contribution in [3.8, 4) is 51.4 Å². The Morgan fingerprint density at radius 3 is 1.72 bits per heavy atom. The minimum absolute atomic E-state index is 0.596. The Hall–Kier alpha value is -6.12. The SMILES string of the molecule is N#Cc1cccc2oc3c4ccccc4c(-c4cccc(-c5nc(-c6ccccc6)nc(-c6ccccc6)n5)c4)cc3c12. The summed E-state index contributed by atoms with van der Waals surface area (Å²) in [6.45, 7) is 0. The van der Waals surface area contributed by atoms with Crippen LogP contribution in [0, 0.1) is 11.3 Å². The maximum absolute atomic E-state index is 9.87. The van der Waals surface area contributed by atoms with Crippen LogP contribution < -0.4 is 0 Å². The van der Waals surface area contributed by atoms with E-state index in [1.807, 2.05) is 103 Å². The molecule has 0 fully saturated rings. The van der Waals surface area contributed by atoms with Gasteiger partial charge < -0.3 is 4.42 Å². The molecule has 0 unspecified atom stereocenters. The third-order valence-corrected chi connectivity index (χ3v) is 7.75. The van der Waals surface area contributed by atoms with E-state index in [9.17, 15) is 5.26 Å². The van der Waals surface area contributed by atoms with Gasteiger partial charge in [0.15, 0.2) is 17.5 Å². The molecule has 2 heterocycles. The van der Waals surface area contributed by atoms with Crippen molar-refractivity contribution in [1.82, 2.24) is 15.0 Å². The molecule has 0 spiro atoms. The monoisotopic (exact) mass is 550 g/mol. The number of benzene rings is 6. The van der Waals surface area contributed by atoms with Crippen LogP contribution >= 0.6 is 0 Å². The van der Waals surface area contributed by atoms with Crippen molar-refractivity contribution < 1.29 is 4.42 Å². The van der Waals surface area contributed by atoms with Crippen LogP contribution in [0.25, 0.3) is 78.0 Å². The Morgan fingerprint density at radius 1 is 0.488 bits per heavy atom. The molecule has 0 atom stereocenters. The first-order valence-corrected chi connectivity index (χ1v) is 14.0. The topological polar surface area (TPSA) is 75.6 Å². The zero-order valence-corrected chi connectivity index (χ0v) is 22.9. The molecule has 0 saturated carbocycles. The minimum atomic E-state index is 0.596. The highest BCUT2D eigenvalue weighted by atomic mass is 16.3. The molecule has 0 N–H and O–H groups in total. The van der Waals surface area contributed by atoms with Crippen molar-refractivity contribution >= 4 is 32.7 Å². The standard InChI is InChI=1S/C38H22N4O/c39-23-28-17-10-20-33-34(28)32-22-31(29-18-7-8-19-30(29)35(32)43-33)26-15-9-16-27(21-26)38-41-36(24-11-3-1-4-12-24)40-37(42-38)25-13-5-2-6-14-25/h1-22H. The largest absolute Gasteiger partial charge is 0.455 e. The Labute approximate surface area is 247 Å². The molecular weight excluding hydrogens is 528 g/mol. The van der Waals surface area contributed by atoms with E-state index < -0.39 is 0 Å². The van der Waals surface area contributed by atoms with Gasteiger partial charge in [0.2, 0.25) is 0 Å². The lowest BCUT2D eigenvalue weighted by atomic mass is 9.94. The number of hydrogen-bond acceptors (Lipinski definition) is 5. The molecule has 43 heavy (non-hydrogen) atoms. The third-order valence-electron chi connectivity index (χ3n) is 7.75. The van der Waals surface area contributed by atoms with E-state index in [1.54, 1.807) is 0 Å². The van der Waals surface area contributed by atoms with Crippen molar-refractivity contribution in [2.24, 2.45) is 0 Å². The molecule has 8 aromatic rings. The van der Waals surface area contributed by atoms with Crippen molar-refractivity contribution in [3.05, 3.63) is 139 Å². The first kappa shape index (κ1) is 24.7. The molecule has 0 bridgehead atoms. The number of hydrogen-bond donors (Lipinski definition) is 0. The molecule has 200 valence electrons. The molecule has 5 heteroatoms. The minimum Gasteiger partial charge on any atom is -0.455 e. The fraction of sp³-hybridized carbons (Fsp3) is 0. The van der Waals surface area contributed by atoms with E-state index in [4.69, 9.17) is 19.4 Å². The summed E-state index contributed by atoms with van der Waals surface area (Å²) in [6.07, 6.45) is 0. The van der Waals surface area contributed by atoms with Gasteiger partial charge in [-0.3, -0.25) is 0 Å². The Bertz CT molecular complexity index is 2300. The van der Waals surface area contributed by atoms with E-state index in [2.05, 4.69) is 36.4 Å². The highest BCUT2D eigenvalue weighted by Gasteiger charge is 2.18. The van der Waals surface area contributed by atoms with Crippen LogP contribution in [0.1, 0.15) is 5.56 Å². The number of rotatable bonds is 4. The van der Waals surface area contributed by atoms with Crippen molar-refractivity contribution in [3.63, 3.8) is 0 Å². The van der Waals surface area contributed by atoms with Gasteiger partial charge >= 0.3 is 0 Å². The predicted octanol–water partition coefficient (Wildman–Crippen LogP) is 9.46. The van der Waals surface area contributed by atoms with Gasteiger partial charge in [0.1, 0.15) is 11.2 Å². The first-order chi connectivity index (χ1) is 21.3. The van der Waals surface area contributed by atoms with E-state index in [1.165, 1.54) is 0 Å². The molecule has 2 aromatic heterocycles. The molecule has 6 aromatic carbocycles. The fourth-order valence-electron chi connectivity index (χ4n) is 5.74. The molecule has 0 aliphatic rings. The Morgan fingerprint density at radius 2 is 1.05 bits per heavy atom. The molecule has 0 aliphatic heterocycles. The second-order valence-corrected chi connectivity index (χ2v) is 10.4. The zero-order valence-electron chi connectivity index (χ0n) is 22.9. The molecular formula is C38H22N4O. The lowest BCUT2D eigenvalue weighted by Crippen LogP contribution is -2.00. The average Bonchev–Trinajstić information content (AvgIpc) is 3.48. The van der Waals surface area contributed by atoms with Crippen LogP contribution in [-0.2, 0) is 0 Å². The lowest BCUT2D eigenvalue weighted by molar-refractivity contribution is 0.672. The van der Waals surface area contributed by atoms with Gasteiger partial charge in [0, 0.05) is 32.8 Å². The molecule has 0 aliphatic carbocycles. The summed E-state index contributed by atoms with van der Waals surface area (Å²) >= 11 is 0. The maximum Gasteiger partial charge on any atom is 0.164 e. The number of nitriles is 1. The van der Waals surface area contributed by atoms with Crippen LogP contribution in [-0.4, -0.2) is 15.0 Å². The van der Waals surface area contributed by atoms with Gasteiger partial charge in [-0.15, -0.1) is 0 Å². The summed E-state index contributed by atoms with van der Waals surface area (Å²) in [6, 6.07) is 46.6. The normalized spacial score (nSPS) is 11.2. The van der Waals surface area contributed by atoms with Crippen molar-refractivity contribution in [2.45, 2.75) is 0 Å². The fourth-order valence-corrected chi connectivity index (χ4v) is 5.74. The van der Waals surface area contributed by atoms with Gasteiger partial charge in [0.05, 0.1) is 11.6 Å². The summed E-state index contributed by atoms with van der Waals surface area (Å²) in [4.78, 5) is 14.7. The van der Waals surface area contributed by atoms with Crippen LogP contribution in [0.15, 0.2) is 138 Å². The number of nitrogens with zero attached hydrogens (tertiary/aromatic N) is 4. The number of furan rings is 1. The first-order valence-electron chi connectivity index (χ1n) is 14.0. The summed E-state index contributed by atoms with van der Waals surface area (Å²) in [7, 11) is 0. The molecule has 8 rings (SSSR count). The third kappa shape index (κ3) is 4.21. The van der Waals surface area contributed by atoms with Gasteiger partial charge in [0.25, 0.3) is 0 Å². The average molecular weight is 551 g/mol. The molecule has 0 radical (unpaired) electrons. The van der Waals surface area contributed by atoms with Crippen LogP contribution in [0.2, 0.25) is 0 Å². The van der Waals surface area contributed by atoms with Gasteiger partial charge in [-0.2, -0.15) is 5.26 Å². The van der Waals surface area contributed by atoms with Crippen LogP contribution in [0.3, 0.4) is 0 Å². The smallest absolute Gasteiger partial charge is 0.164 e. The quantitative estimate of drug-likeness (QED) is 0.218. The Balaban J connectivity index is 1.35. The summed E-state index contributed by atoms with van der Waals surface area (Å²) < 4.78 is 6.32. The van der Waals surface area contributed by atoms with E-state index in [0.717, 1.165) is 54.9 Å². The molecule has 5 nitrogen and oxygen atoms in total. The zero-order chi connectivity index (χ0) is 28.8. The molecule has 0 saturated heterocycles. The van der Waals surface area contributed by atoms with Crippen molar-refractivity contribution in [1.29, 1.82) is 5.26 Å². The Kier molecular flexibility index (Phi) is 5.77. The van der Waals surface area contributed by atoms with E-state index in [-0.39, 0.29) is 0 Å². The maximum atomic E-state index is 9.87. The van der Waals surface area contributed by atoms with Gasteiger partial charge in [-0.1, -0.05) is 109 Å².